The first-order chi connectivity index (χ1) is 29.4. The third-order valence-electron chi connectivity index (χ3n) is 11.8. The van der Waals surface area contributed by atoms with Crippen LogP contribution in [0.4, 0.5) is 9.59 Å². The number of carbonyl (C=O) groups excluding carboxylic acids is 4. The molecular weight excluding hydrogens is 777 g/mol. The smallest absolute Gasteiger partial charge is 0.407 e. The Balaban J connectivity index is 0.948. The number of H-pyrrole nitrogens is 2. The number of carbonyl (C=O) groups is 4. The summed E-state index contributed by atoms with van der Waals surface area (Å²) < 4.78 is 16.0. The fraction of sp³-hybridized carbons (Fsp3) is 0.522. The molecule has 7 rings (SSSR count). The standard InChI is InChI=1S/C46H60N8O7/c1-46(2,3)61-45(58)49-34-21-19-33(20-22-34)43(56)54-24-8-10-39(54)41-48-28-38(51-41)32-17-13-30(14-18-32)29-11-15-31(16-12-29)37-27-47-40(50-37)35-23-26-60-25-7-5-6-9-36(42(55)52-35)53-44(57)59-4/h11-18,27-28,33-36,39H,5-10,19-26H2,1-4H3,(H,47,50)(H,48,51)(H,49,58)(H,52,55)(H,53,57)/t33?,34?,35-,36-,39-/m0/s1. The molecule has 0 radical (unpaired) electrons. The fourth-order valence-electron chi connectivity index (χ4n) is 8.56. The Morgan fingerprint density at radius 3 is 1.98 bits per heavy atom. The van der Waals surface area contributed by atoms with E-state index in [2.05, 4.69) is 67.3 Å². The van der Waals surface area contributed by atoms with E-state index in [0.717, 1.165) is 104 Å². The second kappa shape index (κ2) is 19.8. The summed E-state index contributed by atoms with van der Waals surface area (Å²) in [6, 6.07) is 15.4. The van der Waals surface area contributed by atoms with Gasteiger partial charge >= 0.3 is 12.2 Å². The van der Waals surface area contributed by atoms with Gasteiger partial charge in [-0.3, -0.25) is 9.59 Å². The fourth-order valence-corrected chi connectivity index (χ4v) is 8.56. The normalized spacial score (nSPS) is 22.9. The summed E-state index contributed by atoms with van der Waals surface area (Å²) in [6.45, 7) is 7.38. The molecule has 1 aliphatic carbocycles. The molecular formula is C46H60N8O7. The van der Waals surface area contributed by atoms with Crippen LogP contribution in [0.2, 0.25) is 0 Å². The molecule has 3 fully saturated rings. The number of benzene rings is 2. The summed E-state index contributed by atoms with van der Waals surface area (Å²) in [7, 11) is 1.29. The Morgan fingerprint density at radius 1 is 0.721 bits per heavy atom. The molecule has 4 heterocycles. The highest BCUT2D eigenvalue weighted by Gasteiger charge is 2.37. The maximum atomic E-state index is 13.8. The van der Waals surface area contributed by atoms with Gasteiger partial charge in [-0.05, 0) is 101 Å². The van der Waals surface area contributed by atoms with E-state index in [1.165, 1.54) is 7.11 Å². The first-order valence-corrected chi connectivity index (χ1v) is 21.8. The van der Waals surface area contributed by atoms with Crippen LogP contribution in [0, 0.1) is 5.92 Å². The Labute approximate surface area is 357 Å². The number of imidazole rings is 2. The molecule has 4 aromatic rings. The van der Waals surface area contributed by atoms with Crippen molar-refractivity contribution in [1.82, 2.24) is 40.8 Å². The molecule has 2 saturated heterocycles. The largest absolute Gasteiger partial charge is 0.453 e. The molecule has 2 aliphatic heterocycles. The van der Waals surface area contributed by atoms with E-state index in [0.29, 0.717) is 31.9 Å². The number of aromatic amines is 2. The Kier molecular flexibility index (Phi) is 14.1. The number of nitrogens with zero attached hydrogens (tertiary/aromatic N) is 3. The van der Waals surface area contributed by atoms with Gasteiger partial charge in [-0.15, -0.1) is 0 Å². The Hall–Kier alpha value is -5.70. The highest BCUT2D eigenvalue weighted by atomic mass is 16.6. The van der Waals surface area contributed by atoms with Gasteiger partial charge in [0.1, 0.15) is 23.3 Å². The summed E-state index contributed by atoms with van der Waals surface area (Å²) >= 11 is 0. The van der Waals surface area contributed by atoms with Gasteiger partial charge in [-0.1, -0.05) is 61.4 Å². The minimum atomic E-state index is -0.705. The summed E-state index contributed by atoms with van der Waals surface area (Å²) in [6.07, 6.45) is 11.0. The van der Waals surface area contributed by atoms with Crippen LogP contribution in [0.1, 0.15) is 115 Å². The molecule has 15 nitrogen and oxygen atoms in total. The minimum absolute atomic E-state index is 0.0204. The zero-order valence-electron chi connectivity index (χ0n) is 35.8. The SMILES string of the molecule is COC(=O)N[C@H]1CCCCCOCC[C@@H](c2ncc(-c3ccc(-c4ccc(-c5cnc([C@@H]6CCCN6C(=O)C6CCC(NC(=O)OC(C)(C)C)CC6)[nH]5)cc4)cc3)[nH]2)NC1=O. The van der Waals surface area contributed by atoms with Gasteiger partial charge in [0.05, 0.1) is 43.0 Å². The third kappa shape index (κ3) is 11.4. The van der Waals surface area contributed by atoms with Crippen LogP contribution < -0.4 is 16.0 Å². The third-order valence-corrected chi connectivity index (χ3v) is 11.8. The number of hydrogen-bond acceptors (Lipinski definition) is 9. The molecule has 15 heteroatoms. The number of likely N-dealkylation sites (tertiary alicyclic amines) is 1. The van der Waals surface area contributed by atoms with E-state index < -0.39 is 29.9 Å². The molecule has 0 bridgehead atoms. The summed E-state index contributed by atoms with van der Waals surface area (Å²) in [4.78, 5) is 69.7. The highest BCUT2D eigenvalue weighted by molar-refractivity contribution is 5.86. The topological polar surface area (TPSA) is 193 Å². The van der Waals surface area contributed by atoms with Gasteiger partial charge < -0.3 is 45.0 Å². The molecule has 3 aliphatic rings. The quantitative estimate of drug-likeness (QED) is 0.118. The van der Waals surface area contributed by atoms with Crippen LogP contribution in [-0.4, -0.2) is 93.4 Å². The van der Waals surface area contributed by atoms with Crippen molar-refractivity contribution >= 4 is 24.0 Å². The molecule has 5 N–H and O–H groups in total. The second-order valence-electron chi connectivity index (χ2n) is 17.4. The summed E-state index contributed by atoms with van der Waals surface area (Å²) in [5.41, 5.74) is 5.26. The number of nitrogens with one attached hydrogen (secondary N) is 5. The molecule has 61 heavy (non-hydrogen) atoms. The van der Waals surface area contributed by atoms with Crippen molar-refractivity contribution in [1.29, 1.82) is 0 Å². The maximum Gasteiger partial charge on any atom is 0.407 e. The lowest BCUT2D eigenvalue weighted by atomic mass is 9.85. The van der Waals surface area contributed by atoms with Crippen LogP contribution >= 0.6 is 0 Å². The van der Waals surface area contributed by atoms with Gasteiger partial charge in [-0.2, -0.15) is 0 Å². The number of ether oxygens (including phenoxy) is 3. The molecule has 2 aromatic carbocycles. The lowest BCUT2D eigenvalue weighted by Crippen LogP contribution is -2.48. The molecule has 326 valence electrons. The van der Waals surface area contributed by atoms with Crippen LogP contribution in [0.25, 0.3) is 33.6 Å². The van der Waals surface area contributed by atoms with Crippen LogP contribution in [0.3, 0.4) is 0 Å². The summed E-state index contributed by atoms with van der Waals surface area (Å²) in [5.74, 6) is 1.26. The number of rotatable bonds is 8. The van der Waals surface area contributed by atoms with Crippen molar-refractivity contribution < 1.29 is 33.4 Å². The van der Waals surface area contributed by atoms with Gasteiger partial charge in [0.25, 0.3) is 0 Å². The van der Waals surface area contributed by atoms with Crippen LogP contribution in [0.15, 0.2) is 60.9 Å². The average molecular weight is 837 g/mol. The van der Waals surface area contributed by atoms with Crippen molar-refractivity contribution in [2.45, 2.75) is 121 Å². The highest BCUT2D eigenvalue weighted by Crippen LogP contribution is 2.36. The summed E-state index contributed by atoms with van der Waals surface area (Å²) in [5, 5.41) is 8.72. The minimum Gasteiger partial charge on any atom is -0.453 e. The van der Waals surface area contributed by atoms with E-state index in [-0.39, 0.29) is 29.8 Å². The number of methoxy groups -OCH3 is 1. The number of amides is 4. The molecule has 2 aromatic heterocycles. The van der Waals surface area contributed by atoms with E-state index in [1.54, 1.807) is 6.20 Å². The van der Waals surface area contributed by atoms with Crippen molar-refractivity contribution in [3.05, 3.63) is 72.6 Å². The van der Waals surface area contributed by atoms with Crippen molar-refractivity contribution in [3.8, 4) is 33.6 Å². The lowest BCUT2D eigenvalue weighted by Gasteiger charge is -2.33. The van der Waals surface area contributed by atoms with E-state index in [4.69, 9.17) is 19.2 Å². The first kappa shape index (κ1) is 43.4. The Morgan fingerprint density at radius 2 is 1.34 bits per heavy atom. The maximum absolute atomic E-state index is 13.8. The van der Waals surface area contributed by atoms with Gasteiger partial charge in [0, 0.05) is 31.7 Å². The second-order valence-corrected chi connectivity index (χ2v) is 17.4. The number of hydrogen-bond donors (Lipinski definition) is 5. The predicted molar refractivity (Wildman–Crippen MR) is 230 cm³/mol. The monoisotopic (exact) mass is 836 g/mol. The molecule has 0 unspecified atom stereocenters. The van der Waals surface area contributed by atoms with E-state index in [1.807, 2.05) is 44.0 Å². The average Bonchev–Trinajstić information content (AvgIpc) is 4.05. The van der Waals surface area contributed by atoms with Gasteiger partial charge in [-0.25, -0.2) is 19.6 Å². The molecule has 1 saturated carbocycles. The van der Waals surface area contributed by atoms with Crippen molar-refractivity contribution in [3.63, 3.8) is 0 Å². The Bertz CT molecular complexity index is 2100. The first-order valence-electron chi connectivity index (χ1n) is 21.8. The van der Waals surface area contributed by atoms with Crippen LogP contribution in [-0.2, 0) is 23.8 Å². The zero-order valence-corrected chi connectivity index (χ0v) is 35.8. The lowest BCUT2D eigenvalue weighted by molar-refractivity contribution is -0.137. The van der Waals surface area contributed by atoms with E-state index in [9.17, 15) is 19.2 Å². The van der Waals surface area contributed by atoms with Crippen LogP contribution in [0.5, 0.6) is 0 Å². The molecule has 0 spiro atoms. The van der Waals surface area contributed by atoms with E-state index >= 15 is 0 Å². The number of aromatic nitrogens is 4. The zero-order chi connectivity index (χ0) is 42.9. The van der Waals surface area contributed by atoms with Crippen molar-refractivity contribution in [2.75, 3.05) is 26.9 Å². The van der Waals surface area contributed by atoms with Crippen molar-refractivity contribution in [2.24, 2.45) is 5.92 Å². The predicted octanol–water partition coefficient (Wildman–Crippen LogP) is 7.74. The number of alkyl carbamates (subject to hydrolysis) is 2. The van der Waals surface area contributed by atoms with Gasteiger partial charge in [0.15, 0.2) is 0 Å². The molecule has 3 atom stereocenters. The molecule has 4 amide bonds. The van der Waals surface area contributed by atoms with Gasteiger partial charge in [0.2, 0.25) is 11.8 Å².